The number of amides is 1. The highest BCUT2D eigenvalue weighted by molar-refractivity contribution is 7.99. The molecule has 2 aromatic carbocycles. The van der Waals surface area contributed by atoms with E-state index in [9.17, 15) is 13.2 Å². The van der Waals surface area contributed by atoms with E-state index in [2.05, 4.69) is 25.2 Å². The molecule has 1 heterocycles. The largest absolute Gasteiger partial charge is 0.484 e. The quantitative estimate of drug-likeness (QED) is 0.256. The van der Waals surface area contributed by atoms with Gasteiger partial charge in [0.15, 0.2) is 12.4 Å². The van der Waals surface area contributed by atoms with Crippen LogP contribution in [0.15, 0.2) is 58.6 Å². The number of benzene rings is 2. The molecule has 1 amide bonds. The fourth-order valence-corrected chi connectivity index (χ4v) is 4.83. The average molecular weight is 504 g/mol. The van der Waals surface area contributed by atoms with E-state index in [0.717, 1.165) is 5.56 Å². The van der Waals surface area contributed by atoms with Gasteiger partial charge in [0.05, 0.1) is 4.90 Å². The second kappa shape index (κ2) is 12.0. The highest BCUT2D eigenvalue weighted by atomic mass is 32.2. The summed E-state index contributed by atoms with van der Waals surface area (Å²) in [5.41, 5.74) is 1.59. The van der Waals surface area contributed by atoms with Crippen molar-refractivity contribution in [2.45, 2.75) is 30.8 Å². The maximum atomic E-state index is 12.4. The van der Waals surface area contributed by atoms with Crippen molar-refractivity contribution in [3.63, 3.8) is 0 Å². The number of nitrogens with zero attached hydrogens (tertiary/aromatic N) is 2. The summed E-state index contributed by atoms with van der Waals surface area (Å²) in [6.07, 6.45) is 0. The molecule has 0 saturated heterocycles. The standard InChI is InChI=1S/C23H29N5O4S2/c1-16(2)14-25-34(30,31)19-9-10-20(17(3)13-19)32-15-21(29)24-11-12-33-23-26-22(27-28-23)18-7-5-4-6-8-18/h4-10,13,16,25H,11-12,14-15H2,1-3H3,(H,24,29)(H,26,27,28). The van der Waals surface area contributed by atoms with Crippen LogP contribution in [0.3, 0.4) is 0 Å². The molecule has 11 heteroatoms. The van der Waals surface area contributed by atoms with Gasteiger partial charge >= 0.3 is 0 Å². The smallest absolute Gasteiger partial charge is 0.257 e. The van der Waals surface area contributed by atoms with Crippen molar-refractivity contribution in [2.75, 3.05) is 25.4 Å². The fourth-order valence-electron chi connectivity index (χ4n) is 2.87. The molecule has 0 aliphatic heterocycles. The normalized spacial score (nSPS) is 11.5. The van der Waals surface area contributed by atoms with Crippen LogP contribution in [-0.4, -0.2) is 55.0 Å². The number of carbonyl (C=O) groups excluding carboxylic acids is 1. The Morgan fingerprint density at radius 1 is 1.18 bits per heavy atom. The molecule has 0 fully saturated rings. The van der Waals surface area contributed by atoms with Crippen LogP contribution in [0.2, 0.25) is 0 Å². The maximum absolute atomic E-state index is 12.4. The van der Waals surface area contributed by atoms with Crippen LogP contribution in [0.4, 0.5) is 0 Å². The third kappa shape index (κ3) is 7.57. The van der Waals surface area contributed by atoms with Crippen molar-refractivity contribution >= 4 is 27.7 Å². The van der Waals surface area contributed by atoms with Gasteiger partial charge in [-0.15, -0.1) is 5.10 Å². The van der Waals surface area contributed by atoms with E-state index < -0.39 is 10.0 Å². The lowest BCUT2D eigenvalue weighted by Gasteiger charge is -2.12. The molecule has 3 aromatic rings. The minimum atomic E-state index is -3.58. The number of aryl methyl sites for hydroxylation is 1. The molecule has 0 saturated carbocycles. The Bertz CT molecular complexity index is 1200. The number of aromatic nitrogens is 3. The number of hydrogen-bond acceptors (Lipinski definition) is 7. The molecule has 0 bridgehead atoms. The van der Waals surface area contributed by atoms with E-state index >= 15 is 0 Å². The first-order valence-corrected chi connectivity index (χ1v) is 13.3. The van der Waals surface area contributed by atoms with Gasteiger partial charge in [0.25, 0.3) is 5.91 Å². The molecule has 34 heavy (non-hydrogen) atoms. The lowest BCUT2D eigenvalue weighted by Crippen LogP contribution is -2.30. The molecule has 3 N–H and O–H groups in total. The summed E-state index contributed by atoms with van der Waals surface area (Å²) in [5, 5.41) is 10.5. The second-order valence-electron chi connectivity index (χ2n) is 7.99. The predicted octanol–water partition coefficient (Wildman–Crippen LogP) is 3.00. The predicted molar refractivity (Wildman–Crippen MR) is 132 cm³/mol. The zero-order chi connectivity index (χ0) is 24.6. The third-order valence-corrected chi connectivity index (χ3v) is 6.93. The van der Waals surface area contributed by atoms with Gasteiger partial charge in [0.1, 0.15) is 5.75 Å². The van der Waals surface area contributed by atoms with Gasteiger partial charge in [0, 0.05) is 24.4 Å². The number of nitrogens with one attached hydrogen (secondary N) is 3. The van der Waals surface area contributed by atoms with E-state index in [4.69, 9.17) is 4.74 Å². The van der Waals surface area contributed by atoms with Gasteiger partial charge in [0.2, 0.25) is 15.2 Å². The van der Waals surface area contributed by atoms with Gasteiger partial charge in [-0.2, -0.15) is 0 Å². The highest BCUT2D eigenvalue weighted by Gasteiger charge is 2.16. The van der Waals surface area contributed by atoms with E-state index in [-0.39, 0.29) is 23.3 Å². The van der Waals surface area contributed by atoms with Crippen LogP contribution in [0, 0.1) is 12.8 Å². The molecule has 0 unspecified atom stereocenters. The Hall–Kier alpha value is -2.89. The number of sulfonamides is 1. The highest BCUT2D eigenvalue weighted by Crippen LogP contribution is 2.22. The van der Waals surface area contributed by atoms with Crippen molar-refractivity contribution in [1.29, 1.82) is 0 Å². The zero-order valence-electron chi connectivity index (χ0n) is 19.4. The first-order valence-electron chi connectivity index (χ1n) is 10.8. The molecule has 3 rings (SSSR count). The number of thioether (sulfide) groups is 1. The zero-order valence-corrected chi connectivity index (χ0v) is 21.0. The Morgan fingerprint density at radius 2 is 1.94 bits per heavy atom. The lowest BCUT2D eigenvalue weighted by atomic mass is 10.2. The molecule has 182 valence electrons. The van der Waals surface area contributed by atoms with Crippen LogP contribution in [0.25, 0.3) is 11.4 Å². The number of ether oxygens (including phenoxy) is 1. The molecule has 0 spiro atoms. The van der Waals surface area contributed by atoms with E-state index in [1.807, 2.05) is 44.2 Å². The molecule has 0 radical (unpaired) electrons. The summed E-state index contributed by atoms with van der Waals surface area (Å²) >= 11 is 1.43. The molecule has 0 atom stereocenters. The van der Waals surface area contributed by atoms with Gasteiger partial charge in [-0.05, 0) is 36.6 Å². The summed E-state index contributed by atoms with van der Waals surface area (Å²) in [4.78, 5) is 16.7. The number of H-pyrrole nitrogens is 1. The average Bonchev–Trinajstić information content (AvgIpc) is 3.29. The molecule has 9 nitrogen and oxygen atoms in total. The summed E-state index contributed by atoms with van der Waals surface area (Å²) in [5.74, 6) is 1.70. The molecular weight excluding hydrogens is 474 g/mol. The topological polar surface area (TPSA) is 126 Å². The summed E-state index contributed by atoms with van der Waals surface area (Å²) in [6.45, 7) is 6.24. The third-order valence-electron chi connectivity index (χ3n) is 4.66. The summed E-state index contributed by atoms with van der Waals surface area (Å²) in [6, 6.07) is 14.3. The van der Waals surface area contributed by atoms with Crippen LogP contribution < -0.4 is 14.8 Å². The lowest BCUT2D eigenvalue weighted by molar-refractivity contribution is -0.122. The summed E-state index contributed by atoms with van der Waals surface area (Å²) < 4.78 is 32.9. The minimum Gasteiger partial charge on any atom is -0.484 e. The van der Waals surface area contributed by atoms with Crippen molar-refractivity contribution in [2.24, 2.45) is 5.92 Å². The Kier molecular flexibility index (Phi) is 9.08. The number of aromatic amines is 1. The van der Waals surface area contributed by atoms with Crippen LogP contribution in [-0.2, 0) is 14.8 Å². The van der Waals surface area contributed by atoms with E-state index in [1.54, 1.807) is 13.0 Å². The number of hydrogen-bond donors (Lipinski definition) is 3. The van der Waals surface area contributed by atoms with E-state index in [1.165, 1.54) is 23.9 Å². The second-order valence-corrected chi connectivity index (χ2v) is 10.8. The Labute approximate surface area is 204 Å². The van der Waals surface area contributed by atoms with Gasteiger partial charge in [-0.3, -0.25) is 9.89 Å². The molecular formula is C23H29N5O4S2. The van der Waals surface area contributed by atoms with E-state index in [0.29, 0.717) is 41.1 Å². The van der Waals surface area contributed by atoms with Crippen molar-refractivity contribution < 1.29 is 17.9 Å². The first-order chi connectivity index (χ1) is 16.2. The molecule has 0 aliphatic rings. The number of rotatable bonds is 12. The van der Waals surface area contributed by atoms with Crippen LogP contribution >= 0.6 is 11.8 Å². The monoisotopic (exact) mass is 503 g/mol. The van der Waals surface area contributed by atoms with Gasteiger partial charge in [-0.1, -0.05) is 55.9 Å². The minimum absolute atomic E-state index is 0.165. The van der Waals surface area contributed by atoms with Crippen molar-refractivity contribution in [3.8, 4) is 17.1 Å². The Balaban J connectivity index is 1.41. The summed E-state index contributed by atoms with van der Waals surface area (Å²) in [7, 11) is -3.58. The fraction of sp³-hybridized carbons (Fsp3) is 0.348. The van der Waals surface area contributed by atoms with Crippen LogP contribution in [0.5, 0.6) is 5.75 Å². The van der Waals surface area contributed by atoms with Gasteiger partial charge in [-0.25, -0.2) is 18.1 Å². The molecule has 1 aromatic heterocycles. The van der Waals surface area contributed by atoms with Crippen molar-refractivity contribution in [1.82, 2.24) is 25.2 Å². The SMILES string of the molecule is Cc1cc(S(=O)(=O)NCC(C)C)ccc1OCC(=O)NCCSc1n[nH]c(-c2ccccc2)n1. The molecule has 0 aliphatic carbocycles. The van der Waals surface area contributed by atoms with Gasteiger partial charge < -0.3 is 10.1 Å². The first kappa shape index (κ1) is 25.7. The number of carbonyl (C=O) groups is 1. The van der Waals surface area contributed by atoms with Crippen molar-refractivity contribution in [3.05, 3.63) is 54.1 Å². The Morgan fingerprint density at radius 3 is 2.65 bits per heavy atom. The maximum Gasteiger partial charge on any atom is 0.257 e. The van der Waals surface area contributed by atoms with Crippen LogP contribution in [0.1, 0.15) is 19.4 Å².